The smallest absolute Gasteiger partial charge is 0.118 e. The lowest BCUT2D eigenvalue weighted by Crippen LogP contribution is -2.23. The minimum atomic E-state index is -0.0494. The van der Waals surface area contributed by atoms with Gasteiger partial charge in [0.1, 0.15) is 5.52 Å². The van der Waals surface area contributed by atoms with Crippen LogP contribution in [0.1, 0.15) is 26.3 Å². The molecule has 0 saturated carbocycles. The number of alkyl halides is 1. The number of benzene rings is 1. The Labute approximate surface area is 111 Å². The Morgan fingerprint density at radius 3 is 2.56 bits per heavy atom. The van der Waals surface area contributed by atoms with Crippen LogP contribution in [0.2, 0.25) is 0 Å². The van der Waals surface area contributed by atoms with E-state index in [9.17, 15) is 0 Å². The molecule has 0 aliphatic heterocycles. The number of fused-ring (bicyclic) bond motifs is 1. The highest BCUT2D eigenvalue weighted by Crippen LogP contribution is 2.29. The van der Waals surface area contributed by atoms with Gasteiger partial charge in [-0.1, -0.05) is 37.1 Å². The van der Waals surface area contributed by atoms with E-state index in [1.807, 2.05) is 10.7 Å². The predicted octanol–water partition coefficient (Wildman–Crippen LogP) is 3.84. The van der Waals surface area contributed by atoms with Gasteiger partial charge in [-0.15, -0.1) is 5.10 Å². The Hall–Kier alpha value is -0.420. The molecule has 3 nitrogen and oxygen atoms in total. The first-order valence-corrected chi connectivity index (χ1v) is 6.96. The fourth-order valence-corrected chi connectivity index (χ4v) is 3.05. The number of aromatic nitrogens is 3. The van der Waals surface area contributed by atoms with Gasteiger partial charge in [-0.05, 0) is 32.9 Å². The van der Waals surface area contributed by atoms with Crippen LogP contribution in [-0.2, 0) is 10.9 Å². The van der Waals surface area contributed by atoms with Crippen LogP contribution in [0.5, 0.6) is 0 Å². The van der Waals surface area contributed by atoms with Crippen LogP contribution >= 0.6 is 31.9 Å². The zero-order chi connectivity index (χ0) is 11.9. The number of halogens is 2. The van der Waals surface area contributed by atoms with E-state index in [1.54, 1.807) is 0 Å². The average molecular weight is 347 g/mol. The molecule has 0 radical (unpaired) electrons. The van der Waals surface area contributed by atoms with E-state index >= 15 is 0 Å². The van der Waals surface area contributed by atoms with Gasteiger partial charge in [0, 0.05) is 15.4 Å². The predicted molar refractivity (Wildman–Crippen MR) is 72.9 cm³/mol. The van der Waals surface area contributed by atoms with Gasteiger partial charge in [0.2, 0.25) is 0 Å². The van der Waals surface area contributed by atoms with Crippen molar-refractivity contribution in [3.8, 4) is 0 Å². The SMILES string of the molecule is CC(C)(C)n1nnc2c(CBr)c(Br)ccc21. The van der Waals surface area contributed by atoms with Crippen molar-refractivity contribution in [2.24, 2.45) is 0 Å². The Kier molecular flexibility index (Phi) is 3.09. The van der Waals surface area contributed by atoms with Crippen molar-refractivity contribution >= 4 is 42.9 Å². The first-order chi connectivity index (χ1) is 7.45. The molecular formula is C11H13Br2N3. The maximum Gasteiger partial charge on any atom is 0.118 e. The summed E-state index contributed by atoms with van der Waals surface area (Å²) in [6.07, 6.45) is 0. The van der Waals surface area contributed by atoms with Crippen LogP contribution in [0.4, 0.5) is 0 Å². The van der Waals surface area contributed by atoms with Crippen LogP contribution in [-0.4, -0.2) is 15.0 Å². The first kappa shape index (κ1) is 12.0. The minimum Gasteiger partial charge on any atom is -0.239 e. The topological polar surface area (TPSA) is 30.7 Å². The largest absolute Gasteiger partial charge is 0.239 e. The second-order valence-electron chi connectivity index (χ2n) is 4.70. The van der Waals surface area contributed by atoms with Crippen LogP contribution in [0, 0.1) is 0 Å². The van der Waals surface area contributed by atoms with Crippen LogP contribution in [0.15, 0.2) is 16.6 Å². The minimum absolute atomic E-state index is 0.0494. The van der Waals surface area contributed by atoms with Gasteiger partial charge in [0.05, 0.1) is 11.1 Å². The molecule has 5 heteroatoms. The highest BCUT2D eigenvalue weighted by atomic mass is 79.9. The third kappa shape index (κ3) is 1.91. The number of hydrogen-bond acceptors (Lipinski definition) is 2. The third-order valence-corrected chi connectivity index (χ3v) is 3.74. The molecule has 0 spiro atoms. The lowest BCUT2D eigenvalue weighted by molar-refractivity contribution is 0.358. The summed E-state index contributed by atoms with van der Waals surface area (Å²) < 4.78 is 3.03. The van der Waals surface area contributed by atoms with E-state index in [0.29, 0.717) is 0 Å². The monoisotopic (exact) mass is 345 g/mol. The number of rotatable bonds is 1. The summed E-state index contributed by atoms with van der Waals surface area (Å²) in [5, 5.41) is 9.28. The number of nitrogens with zero attached hydrogens (tertiary/aromatic N) is 3. The maximum atomic E-state index is 4.27. The highest BCUT2D eigenvalue weighted by Gasteiger charge is 2.19. The molecule has 1 aromatic heterocycles. The molecule has 0 aliphatic rings. The molecule has 1 aromatic carbocycles. The summed E-state index contributed by atoms with van der Waals surface area (Å²) in [6.45, 7) is 6.37. The lowest BCUT2D eigenvalue weighted by Gasteiger charge is -2.19. The van der Waals surface area contributed by atoms with Crippen molar-refractivity contribution in [2.45, 2.75) is 31.6 Å². The fraction of sp³-hybridized carbons (Fsp3) is 0.455. The lowest BCUT2D eigenvalue weighted by atomic mass is 10.1. The van der Waals surface area contributed by atoms with Crippen molar-refractivity contribution in [3.05, 3.63) is 22.2 Å². The van der Waals surface area contributed by atoms with Crippen molar-refractivity contribution in [1.29, 1.82) is 0 Å². The normalized spacial score (nSPS) is 12.3. The second-order valence-corrected chi connectivity index (χ2v) is 6.11. The standard InChI is InChI=1S/C11H13Br2N3/c1-11(2,3)16-9-5-4-8(13)7(6-12)10(9)14-15-16/h4-5H,6H2,1-3H3. The van der Waals surface area contributed by atoms with Crippen LogP contribution in [0.25, 0.3) is 11.0 Å². The Morgan fingerprint density at radius 2 is 2.00 bits per heavy atom. The quantitative estimate of drug-likeness (QED) is 0.734. The van der Waals surface area contributed by atoms with Gasteiger partial charge in [-0.2, -0.15) is 0 Å². The Morgan fingerprint density at radius 1 is 1.31 bits per heavy atom. The molecule has 0 saturated heterocycles. The van der Waals surface area contributed by atoms with E-state index < -0.39 is 0 Å². The highest BCUT2D eigenvalue weighted by molar-refractivity contribution is 9.10. The van der Waals surface area contributed by atoms with Gasteiger partial charge < -0.3 is 0 Å². The van der Waals surface area contributed by atoms with Crippen molar-refractivity contribution in [1.82, 2.24) is 15.0 Å². The third-order valence-electron chi connectivity index (χ3n) is 2.44. The molecule has 0 bridgehead atoms. The van der Waals surface area contributed by atoms with Gasteiger partial charge in [0.25, 0.3) is 0 Å². The zero-order valence-electron chi connectivity index (χ0n) is 9.46. The molecule has 0 fully saturated rings. The van der Waals surface area contributed by atoms with E-state index in [-0.39, 0.29) is 5.54 Å². The molecule has 0 aliphatic carbocycles. The van der Waals surface area contributed by atoms with Crippen LogP contribution < -0.4 is 0 Å². The fourth-order valence-electron chi connectivity index (χ4n) is 1.64. The van der Waals surface area contributed by atoms with E-state index in [1.165, 1.54) is 0 Å². The molecule has 86 valence electrons. The Balaban J connectivity index is 2.76. The van der Waals surface area contributed by atoms with Crippen molar-refractivity contribution < 1.29 is 0 Å². The zero-order valence-corrected chi connectivity index (χ0v) is 12.6. The van der Waals surface area contributed by atoms with Crippen LogP contribution in [0.3, 0.4) is 0 Å². The molecule has 0 unspecified atom stereocenters. The summed E-state index contributed by atoms with van der Waals surface area (Å²) in [6, 6.07) is 4.10. The van der Waals surface area contributed by atoms with E-state index in [2.05, 4.69) is 69.0 Å². The number of hydrogen-bond donors (Lipinski definition) is 0. The molecule has 2 aromatic rings. The summed E-state index contributed by atoms with van der Waals surface area (Å²) >= 11 is 7.01. The van der Waals surface area contributed by atoms with E-state index in [0.717, 1.165) is 26.4 Å². The van der Waals surface area contributed by atoms with Crippen molar-refractivity contribution in [3.63, 3.8) is 0 Å². The average Bonchev–Trinajstić information content (AvgIpc) is 2.60. The summed E-state index contributed by atoms with van der Waals surface area (Å²) in [5.74, 6) is 0. The van der Waals surface area contributed by atoms with Gasteiger partial charge >= 0.3 is 0 Å². The van der Waals surface area contributed by atoms with Gasteiger partial charge in [0.15, 0.2) is 0 Å². The maximum absolute atomic E-state index is 4.27. The second kappa shape index (κ2) is 4.11. The molecule has 1 heterocycles. The molecule has 2 rings (SSSR count). The summed E-state index contributed by atoms with van der Waals surface area (Å²) in [5.41, 5.74) is 3.13. The molecule has 0 amide bonds. The molecule has 0 atom stereocenters. The Bertz CT molecular complexity index is 526. The van der Waals surface area contributed by atoms with Gasteiger partial charge in [-0.3, -0.25) is 0 Å². The molecular weight excluding hydrogens is 334 g/mol. The molecule has 16 heavy (non-hydrogen) atoms. The summed E-state index contributed by atoms with van der Waals surface area (Å²) in [4.78, 5) is 0. The first-order valence-electron chi connectivity index (χ1n) is 5.04. The molecule has 0 N–H and O–H groups in total. The van der Waals surface area contributed by atoms with E-state index in [4.69, 9.17) is 0 Å². The van der Waals surface area contributed by atoms with Crippen molar-refractivity contribution in [2.75, 3.05) is 0 Å². The summed E-state index contributed by atoms with van der Waals surface area (Å²) in [7, 11) is 0. The van der Waals surface area contributed by atoms with Gasteiger partial charge in [-0.25, -0.2) is 4.68 Å².